The number of ether oxygens (including phenoxy) is 1. The summed E-state index contributed by atoms with van der Waals surface area (Å²) in [4.78, 5) is 14.9. The monoisotopic (exact) mass is 353 g/mol. The molecule has 1 N–H and O–H groups in total. The molecule has 1 aromatic carbocycles. The molecule has 26 heavy (non-hydrogen) atoms. The van der Waals surface area contributed by atoms with Gasteiger partial charge in [0.15, 0.2) is 5.82 Å². The first-order chi connectivity index (χ1) is 12.7. The standard InChI is InChI=1S/C18H19N5O3/c1-2-26-17-5-4-16(23(24)25)11-15(17)13-19-12-14-6-8-20-18(10-14)22-9-3-7-21-22/h3-11,19H,2,12-13H2,1H3. The van der Waals surface area contributed by atoms with E-state index in [1.54, 1.807) is 29.2 Å². The van der Waals surface area contributed by atoms with Gasteiger partial charge in [0.25, 0.3) is 5.69 Å². The molecule has 0 saturated heterocycles. The average molecular weight is 353 g/mol. The molecule has 0 fully saturated rings. The van der Waals surface area contributed by atoms with Crippen LogP contribution in [0, 0.1) is 10.1 Å². The first-order valence-corrected chi connectivity index (χ1v) is 8.23. The molecule has 0 atom stereocenters. The molecule has 0 aliphatic heterocycles. The van der Waals surface area contributed by atoms with Gasteiger partial charge in [-0.2, -0.15) is 5.10 Å². The quantitative estimate of drug-likeness (QED) is 0.494. The minimum absolute atomic E-state index is 0.0510. The summed E-state index contributed by atoms with van der Waals surface area (Å²) >= 11 is 0. The number of benzene rings is 1. The topological polar surface area (TPSA) is 95.1 Å². The highest BCUT2D eigenvalue weighted by Gasteiger charge is 2.11. The van der Waals surface area contributed by atoms with Gasteiger partial charge < -0.3 is 10.1 Å². The third-order valence-electron chi connectivity index (χ3n) is 3.75. The van der Waals surface area contributed by atoms with Crippen LogP contribution in [0.5, 0.6) is 5.75 Å². The van der Waals surface area contributed by atoms with Crippen LogP contribution in [-0.2, 0) is 13.1 Å². The van der Waals surface area contributed by atoms with Crippen LogP contribution < -0.4 is 10.1 Å². The van der Waals surface area contributed by atoms with Gasteiger partial charge in [0, 0.05) is 49.4 Å². The first kappa shape index (κ1) is 17.6. The summed E-state index contributed by atoms with van der Waals surface area (Å²) in [5.41, 5.74) is 1.84. The molecule has 0 aliphatic rings. The maximum atomic E-state index is 11.0. The zero-order chi connectivity index (χ0) is 18.4. The first-order valence-electron chi connectivity index (χ1n) is 8.23. The van der Waals surface area contributed by atoms with Crippen LogP contribution >= 0.6 is 0 Å². The summed E-state index contributed by atoms with van der Waals surface area (Å²) in [5.74, 6) is 1.39. The van der Waals surface area contributed by atoms with E-state index in [9.17, 15) is 10.1 Å². The Labute approximate surface area is 150 Å². The number of nitro benzene ring substituents is 1. The third kappa shape index (κ3) is 4.22. The van der Waals surface area contributed by atoms with Gasteiger partial charge >= 0.3 is 0 Å². The zero-order valence-electron chi connectivity index (χ0n) is 14.3. The van der Waals surface area contributed by atoms with Crippen LogP contribution in [0.4, 0.5) is 5.69 Å². The highest BCUT2D eigenvalue weighted by Crippen LogP contribution is 2.24. The Kier molecular flexibility index (Phi) is 5.55. The summed E-state index contributed by atoms with van der Waals surface area (Å²) in [6.07, 6.45) is 5.26. The molecule has 0 spiro atoms. The van der Waals surface area contributed by atoms with Crippen molar-refractivity contribution in [3.63, 3.8) is 0 Å². The van der Waals surface area contributed by atoms with Gasteiger partial charge in [-0.25, -0.2) is 9.67 Å². The predicted octanol–water partition coefficient (Wildman–Crippen LogP) is 2.86. The lowest BCUT2D eigenvalue weighted by molar-refractivity contribution is -0.384. The number of hydrogen-bond acceptors (Lipinski definition) is 6. The summed E-state index contributed by atoms with van der Waals surface area (Å²) in [6, 6.07) is 10.3. The number of nitrogens with zero attached hydrogens (tertiary/aromatic N) is 4. The molecule has 0 amide bonds. The molecular weight excluding hydrogens is 334 g/mol. The SMILES string of the molecule is CCOc1ccc([N+](=O)[O-])cc1CNCc1ccnc(-n2cccn2)c1. The van der Waals surface area contributed by atoms with Gasteiger partial charge in [-0.05, 0) is 36.8 Å². The molecule has 2 heterocycles. The average Bonchev–Trinajstić information content (AvgIpc) is 3.18. The minimum atomic E-state index is -0.404. The van der Waals surface area contributed by atoms with E-state index in [4.69, 9.17) is 4.74 Å². The van der Waals surface area contributed by atoms with Gasteiger partial charge in [0.1, 0.15) is 5.75 Å². The maximum absolute atomic E-state index is 11.0. The number of aromatic nitrogens is 3. The van der Waals surface area contributed by atoms with Gasteiger partial charge in [0.05, 0.1) is 11.5 Å². The Morgan fingerprint density at radius 1 is 1.23 bits per heavy atom. The summed E-state index contributed by atoms with van der Waals surface area (Å²) in [7, 11) is 0. The van der Waals surface area contributed by atoms with Gasteiger partial charge in [-0.15, -0.1) is 0 Å². The van der Waals surface area contributed by atoms with Crippen LogP contribution in [0.3, 0.4) is 0 Å². The zero-order valence-corrected chi connectivity index (χ0v) is 14.3. The predicted molar refractivity (Wildman–Crippen MR) is 96.2 cm³/mol. The van der Waals surface area contributed by atoms with Gasteiger partial charge in [0.2, 0.25) is 0 Å². The second-order valence-electron chi connectivity index (χ2n) is 5.56. The van der Waals surface area contributed by atoms with Crippen molar-refractivity contribution < 1.29 is 9.66 Å². The molecule has 3 rings (SSSR count). The summed E-state index contributed by atoms with van der Waals surface area (Å²) < 4.78 is 7.25. The van der Waals surface area contributed by atoms with Crippen molar-refractivity contribution >= 4 is 5.69 Å². The van der Waals surface area contributed by atoms with Gasteiger partial charge in [-0.1, -0.05) is 0 Å². The van der Waals surface area contributed by atoms with E-state index in [2.05, 4.69) is 15.4 Å². The fourth-order valence-corrected chi connectivity index (χ4v) is 2.56. The van der Waals surface area contributed by atoms with Crippen molar-refractivity contribution in [1.29, 1.82) is 0 Å². The molecule has 2 aromatic heterocycles. The van der Waals surface area contributed by atoms with E-state index in [-0.39, 0.29) is 5.69 Å². The Balaban J connectivity index is 1.69. The Morgan fingerprint density at radius 3 is 2.85 bits per heavy atom. The van der Waals surface area contributed by atoms with Gasteiger partial charge in [-0.3, -0.25) is 10.1 Å². The number of rotatable bonds is 8. The number of nitrogens with one attached hydrogen (secondary N) is 1. The largest absolute Gasteiger partial charge is 0.494 e. The minimum Gasteiger partial charge on any atom is -0.494 e. The van der Waals surface area contributed by atoms with Crippen LogP contribution in [0.1, 0.15) is 18.1 Å². The van der Waals surface area contributed by atoms with Crippen LogP contribution in [0.15, 0.2) is 55.0 Å². The van der Waals surface area contributed by atoms with Crippen molar-refractivity contribution in [2.24, 2.45) is 0 Å². The second-order valence-corrected chi connectivity index (χ2v) is 5.56. The van der Waals surface area contributed by atoms with Crippen LogP contribution in [0.25, 0.3) is 5.82 Å². The Hall–Kier alpha value is -3.26. The normalized spacial score (nSPS) is 10.7. The summed E-state index contributed by atoms with van der Waals surface area (Å²) in [6.45, 7) is 3.43. The van der Waals surface area contributed by atoms with Crippen molar-refractivity contribution in [2.45, 2.75) is 20.0 Å². The van der Waals surface area contributed by atoms with E-state index in [1.807, 2.05) is 31.3 Å². The molecule has 3 aromatic rings. The van der Waals surface area contributed by atoms with Crippen molar-refractivity contribution in [1.82, 2.24) is 20.1 Å². The number of pyridine rings is 1. The number of non-ortho nitro benzene ring substituents is 1. The highest BCUT2D eigenvalue weighted by atomic mass is 16.6. The van der Waals surface area contributed by atoms with E-state index in [1.165, 1.54) is 6.07 Å². The third-order valence-corrected chi connectivity index (χ3v) is 3.75. The van der Waals surface area contributed by atoms with Crippen molar-refractivity contribution in [3.8, 4) is 11.6 Å². The maximum Gasteiger partial charge on any atom is 0.270 e. The Morgan fingerprint density at radius 2 is 2.12 bits per heavy atom. The van der Waals surface area contributed by atoms with E-state index >= 15 is 0 Å². The smallest absolute Gasteiger partial charge is 0.270 e. The Bertz CT molecular complexity index is 880. The van der Waals surface area contributed by atoms with E-state index in [0.29, 0.717) is 25.4 Å². The lowest BCUT2D eigenvalue weighted by Gasteiger charge is -2.11. The highest BCUT2D eigenvalue weighted by molar-refractivity contribution is 5.43. The number of hydrogen-bond donors (Lipinski definition) is 1. The molecule has 8 heteroatoms. The van der Waals surface area contributed by atoms with Crippen molar-refractivity contribution in [3.05, 3.63) is 76.2 Å². The van der Waals surface area contributed by atoms with E-state index in [0.717, 1.165) is 16.9 Å². The van der Waals surface area contributed by atoms with Crippen molar-refractivity contribution in [2.75, 3.05) is 6.61 Å². The molecule has 0 aliphatic carbocycles. The molecule has 0 bridgehead atoms. The van der Waals surface area contributed by atoms with E-state index < -0.39 is 4.92 Å². The molecular formula is C18H19N5O3. The molecule has 8 nitrogen and oxygen atoms in total. The second kappa shape index (κ2) is 8.21. The molecule has 0 saturated carbocycles. The summed E-state index contributed by atoms with van der Waals surface area (Å²) in [5, 5.41) is 18.5. The fourth-order valence-electron chi connectivity index (χ4n) is 2.56. The molecule has 0 radical (unpaired) electrons. The lowest BCUT2D eigenvalue weighted by Crippen LogP contribution is -2.14. The number of nitro groups is 1. The fraction of sp³-hybridized carbons (Fsp3) is 0.222. The van der Waals surface area contributed by atoms with Crippen LogP contribution in [-0.4, -0.2) is 26.3 Å². The lowest BCUT2D eigenvalue weighted by atomic mass is 10.1. The molecule has 0 unspecified atom stereocenters. The molecule has 134 valence electrons. The van der Waals surface area contributed by atoms with Crippen LogP contribution in [0.2, 0.25) is 0 Å².